The summed E-state index contributed by atoms with van der Waals surface area (Å²) < 4.78 is 25.2. The molecule has 2 aromatic rings. The lowest BCUT2D eigenvalue weighted by Gasteiger charge is -2.17. The van der Waals surface area contributed by atoms with Gasteiger partial charge in [0.05, 0.1) is 4.90 Å². The highest BCUT2D eigenvalue weighted by molar-refractivity contribution is 7.90. The first kappa shape index (κ1) is 15.7. The van der Waals surface area contributed by atoms with Gasteiger partial charge in [-0.1, -0.05) is 12.1 Å². The molecular formula is C14H20N4O2S. The predicted octanol–water partition coefficient (Wildman–Crippen LogP) is 1.20. The molecule has 1 N–H and O–H groups in total. The quantitative estimate of drug-likeness (QED) is 0.868. The Morgan fingerprint density at radius 2 is 2.14 bits per heavy atom. The minimum atomic E-state index is -3.20. The summed E-state index contributed by atoms with van der Waals surface area (Å²) in [6.07, 6.45) is 3.41. The zero-order valence-corrected chi connectivity index (χ0v) is 13.3. The molecule has 1 atom stereocenters. The number of hydrogen-bond donors (Lipinski definition) is 1. The number of likely N-dealkylation sites (N-methyl/N-ethyl adjacent to an activating group) is 1. The van der Waals surface area contributed by atoms with Gasteiger partial charge in [0.25, 0.3) is 0 Å². The monoisotopic (exact) mass is 308 g/mol. The number of rotatable bonds is 6. The lowest BCUT2D eigenvalue weighted by molar-refractivity contribution is 0.532. The van der Waals surface area contributed by atoms with E-state index in [1.165, 1.54) is 6.26 Å². The minimum absolute atomic E-state index is 0.0128. The molecule has 0 aliphatic heterocycles. The topological polar surface area (TPSA) is 76.9 Å². The highest BCUT2D eigenvalue weighted by atomic mass is 32.2. The second-order valence-electron chi connectivity index (χ2n) is 4.88. The number of aromatic nitrogens is 3. The van der Waals surface area contributed by atoms with Crippen molar-refractivity contribution in [2.24, 2.45) is 0 Å². The molecule has 1 unspecified atom stereocenters. The summed E-state index contributed by atoms with van der Waals surface area (Å²) in [5.41, 5.74) is 0.922. The van der Waals surface area contributed by atoms with Crippen LogP contribution in [0.4, 0.5) is 0 Å². The van der Waals surface area contributed by atoms with Crippen molar-refractivity contribution in [2.75, 3.05) is 13.3 Å². The third-order valence-corrected chi connectivity index (χ3v) is 4.53. The van der Waals surface area contributed by atoms with E-state index in [0.29, 0.717) is 11.3 Å². The van der Waals surface area contributed by atoms with Crippen LogP contribution in [0, 0.1) is 0 Å². The molecule has 7 heteroatoms. The van der Waals surface area contributed by atoms with Crippen molar-refractivity contribution in [3.63, 3.8) is 0 Å². The number of nitrogens with zero attached hydrogens (tertiary/aromatic N) is 3. The van der Waals surface area contributed by atoms with E-state index in [9.17, 15) is 8.42 Å². The van der Waals surface area contributed by atoms with Gasteiger partial charge in [-0.25, -0.2) is 13.4 Å². The summed E-state index contributed by atoms with van der Waals surface area (Å²) >= 11 is 0. The van der Waals surface area contributed by atoms with Gasteiger partial charge in [0.15, 0.2) is 9.84 Å². The molecule has 0 spiro atoms. The van der Waals surface area contributed by atoms with E-state index >= 15 is 0 Å². The zero-order chi connectivity index (χ0) is 15.5. The molecule has 114 valence electrons. The summed E-state index contributed by atoms with van der Waals surface area (Å²) in [4.78, 5) is 4.60. The number of benzene rings is 1. The van der Waals surface area contributed by atoms with Crippen molar-refractivity contribution in [2.45, 2.75) is 30.8 Å². The minimum Gasteiger partial charge on any atom is -0.313 e. The van der Waals surface area contributed by atoms with Crippen molar-refractivity contribution < 1.29 is 8.42 Å². The van der Waals surface area contributed by atoms with Crippen molar-refractivity contribution in [3.8, 4) is 0 Å². The summed E-state index contributed by atoms with van der Waals surface area (Å²) in [5.74, 6) is 0.876. The number of nitrogens with one attached hydrogen (secondary N) is 1. The average Bonchev–Trinajstić information content (AvgIpc) is 2.91. The molecule has 0 aliphatic rings. The van der Waals surface area contributed by atoms with E-state index in [1.54, 1.807) is 24.5 Å². The van der Waals surface area contributed by atoms with Crippen LogP contribution in [0.2, 0.25) is 0 Å². The van der Waals surface area contributed by atoms with Crippen LogP contribution in [0.5, 0.6) is 0 Å². The Balaban J connectivity index is 2.30. The highest BCUT2D eigenvalue weighted by Crippen LogP contribution is 2.20. The molecule has 1 heterocycles. The maximum Gasteiger partial charge on any atom is 0.175 e. The van der Waals surface area contributed by atoms with E-state index in [4.69, 9.17) is 0 Å². The lowest BCUT2D eigenvalue weighted by Crippen LogP contribution is -2.21. The maximum absolute atomic E-state index is 11.7. The van der Waals surface area contributed by atoms with Crippen LogP contribution in [0.1, 0.15) is 24.4 Å². The normalized spacial score (nSPS) is 13.3. The molecule has 0 saturated carbocycles. The summed E-state index contributed by atoms with van der Waals surface area (Å²) in [7, 11) is -1.35. The fourth-order valence-corrected chi connectivity index (χ4v) is 2.92. The van der Waals surface area contributed by atoms with Crippen LogP contribution in [0.3, 0.4) is 0 Å². The van der Waals surface area contributed by atoms with E-state index in [2.05, 4.69) is 15.4 Å². The van der Waals surface area contributed by atoms with Gasteiger partial charge in [0.2, 0.25) is 0 Å². The van der Waals surface area contributed by atoms with Gasteiger partial charge in [0.1, 0.15) is 12.2 Å². The first-order valence-corrected chi connectivity index (χ1v) is 8.68. The third-order valence-electron chi connectivity index (χ3n) is 3.42. The molecule has 6 nitrogen and oxygen atoms in total. The maximum atomic E-state index is 11.7. The predicted molar refractivity (Wildman–Crippen MR) is 80.8 cm³/mol. The van der Waals surface area contributed by atoms with Crippen molar-refractivity contribution >= 4 is 9.84 Å². The van der Waals surface area contributed by atoms with E-state index < -0.39 is 9.84 Å². The number of sulfone groups is 1. The second kappa shape index (κ2) is 6.36. The van der Waals surface area contributed by atoms with Crippen molar-refractivity contribution in [1.29, 1.82) is 0 Å². The Morgan fingerprint density at radius 3 is 2.76 bits per heavy atom. The standard InChI is InChI=1S/C14H20N4O2S/c1-4-18-14(16-10-17-18)9-13(15-2)11-6-5-7-12(8-11)21(3,19)20/h5-8,10,13,15H,4,9H2,1-3H3. The second-order valence-corrected chi connectivity index (χ2v) is 6.90. The van der Waals surface area contributed by atoms with Crippen LogP contribution in [-0.2, 0) is 22.8 Å². The van der Waals surface area contributed by atoms with E-state index in [1.807, 2.05) is 24.7 Å². The van der Waals surface area contributed by atoms with Crippen LogP contribution in [0.25, 0.3) is 0 Å². The largest absolute Gasteiger partial charge is 0.313 e. The Labute approximate surface area is 125 Å². The molecule has 1 aromatic carbocycles. The van der Waals surface area contributed by atoms with Crippen LogP contribution in [-0.4, -0.2) is 36.5 Å². The highest BCUT2D eigenvalue weighted by Gasteiger charge is 2.16. The van der Waals surface area contributed by atoms with E-state index in [-0.39, 0.29) is 6.04 Å². The Morgan fingerprint density at radius 1 is 1.38 bits per heavy atom. The summed E-state index contributed by atoms with van der Waals surface area (Å²) in [5, 5.41) is 7.37. The van der Waals surface area contributed by atoms with Gasteiger partial charge in [-0.15, -0.1) is 0 Å². The Kier molecular flexibility index (Phi) is 4.74. The SMILES string of the molecule is CCn1ncnc1CC(NC)c1cccc(S(C)(=O)=O)c1. The van der Waals surface area contributed by atoms with Crippen LogP contribution >= 0.6 is 0 Å². The summed E-state index contributed by atoms with van der Waals surface area (Å²) in [6, 6.07) is 6.99. The molecule has 0 fully saturated rings. The van der Waals surface area contributed by atoms with Gasteiger partial charge in [-0.05, 0) is 31.7 Å². The number of aryl methyl sites for hydroxylation is 1. The van der Waals surface area contributed by atoms with Gasteiger partial charge in [-0.3, -0.25) is 4.68 Å². The van der Waals surface area contributed by atoms with Crippen LogP contribution in [0.15, 0.2) is 35.5 Å². The molecule has 0 saturated heterocycles. The number of hydrogen-bond acceptors (Lipinski definition) is 5. The molecule has 21 heavy (non-hydrogen) atoms. The first-order chi connectivity index (χ1) is 9.95. The zero-order valence-electron chi connectivity index (χ0n) is 12.4. The summed E-state index contributed by atoms with van der Waals surface area (Å²) in [6.45, 7) is 2.77. The fourth-order valence-electron chi connectivity index (χ4n) is 2.24. The smallest absolute Gasteiger partial charge is 0.175 e. The molecule has 1 aromatic heterocycles. The average molecular weight is 308 g/mol. The molecule has 2 rings (SSSR count). The molecule has 0 bridgehead atoms. The fraction of sp³-hybridized carbons (Fsp3) is 0.429. The lowest BCUT2D eigenvalue weighted by atomic mass is 10.0. The van der Waals surface area contributed by atoms with Gasteiger partial charge in [0, 0.05) is 25.3 Å². The third kappa shape index (κ3) is 3.68. The molecule has 0 amide bonds. The molecule has 0 radical (unpaired) electrons. The molecule has 0 aliphatic carbocycles. The van der Waals surface area contributed by atoms with Gasteiger partial charge in [-0.2, -0.15) is 5.10 Å². The van der Waals surface area contributed by atoms with Gasteiger partial charge >= 0.3 is 0 Å². The van der Waals surface area contributed by atoms with Crippen molar-refractivity contribution in [1.82, 2.24) is 20.1 Å². The molecular weight excluding hydrogens is 288 g/mol. The van der Waals surface area contributed by atoms with Crippen molar-refractivity contribution in [3.05, 3.63) is 42.0 Å². The first-order valence-electron chi connectivity index (χ1n) is 6.79. The van der Waals surface area contributed by atoms with Gasteiger partial charge < -0.3 is 5.32 Å². The Bertz CT molecular complexity index is 709. The Hall–Kier alpha value is -1.73. The van der Waals surface area contributed by atoms with Crippen LogP contribution < -0.4 is 5.32 Å². The van der Waals surface area contributed by atoms with E-state index in [0.717, 1.165) is 17.9 Å².